The number of aliphatic hydroxyl groups is 1. The van der Waals surface area contributed by atoms with Gasteiger partial charge in [-0.1, -0.05) is 0 Å². The summed E-state index contributed by atoms with van der Waals surface area (Å²) < 4.78 is 26.0. The molecule has 0 atom stereocenters. The van der Waals surface area contributed by atoms with Crippen LogP contribution < -0.4 is 15.2 Å². The van der Waals surface area contributed by atoms with Gasteiger partial charge in [0.2, 0.25) is 5.69 Å². The number of rotatable bonds is 9. The third-order valence-corrected chi connectivity index (χ3v) is 5.16. The summed E-state index contributed by atoms with van der Waals surface area (Å²) >= 11 is 0. The molecule has 0 aliphatic rings. The molecule has 0 aliphatic heterocycles. The molecule has 3 heterocycles. The molecule has 0 fully saturated rings. The zero-order chi connectivity index (χ0) is 21.8. The lowest BCUT2D eigenvalue weighted by atomic mass is 10.0. The van der Waals surface area contributed by atoms with E-state index in [0.29, 0.717) is 29.2 Å². The average molecular weight is 427 g/mol. The largest absolute Gasteiger partial charge is 0.493 e. The number of aromatic nitrogens is 4. The van der Waals surface area contributed by atoms with Gasteiger partial charge in [-0.05, 0) is 43.9 Å². The Morgan fingerprint density at radius 2 is 2.10 bits per heavy atom. The first-order valence-electron chi connectivity index (χ1n) is 10.1. The molecule has 9 heteroatoms. The molecule has 0 unspecified atom stereocenters. The lowest BCUT2D eigenvalue weighted by Gasteiger charge is -2.10. The first-order valence-corrected chi connectivity index (χ1v) is 10.1. The molecule has 0 amide bonds. The highest BCUT2D eigenvalue weighted by atomic mass is 19.1. The number of hydrogen-bond donors (Lipinski definition) is 3. The van der Waals surface area contributed by atoms with Gasteiger partial charge in [-0.15, -0.1) is 4.68 Å². The molecule has 162 valence electrons. The van der Waals surface area contributed by atoms with E-state index >= 15 is 0 Å². The van der Waals surface area contributed by atoms with Crippen molar-refractivity contribution in [3.63, 3.8) is 0 Å². The summed E-state index contributed by atoms with van der Waals surface area (Å²) in [5, 5.41) is 12.5. The van der Waals surface area contributed by atoms with Gasteiger partial charge in [0.25, 0.3) is 0 Å². The highest BCUT2D eigenvalue weighted by Gasteiger charge is 2.20. The number of unbranched alkanes of at least 4 members (excludes halogenated alkanes) is 2. The normalized spacial score (nSPS) is 11.3. The van der Waals surface area contributed by atoms with E-state index in [1.807, 2.05) is 24.0 Å². The second-order valence-corrected chi connectivity index (χ2v) is 7.36. The maximum Gasteiger partial charge on any atom is 0.418 e. The van der Waals surface area contributed by atoms with Crippen LogP contribution in [0.15, 0.2) is 45.9 Å². The van der Waals surface area contributed by atoms with Crippen molar-refractivity contribution in [1.29, 1.82) is 0 Å². The van der Waals surface area contributed by atoms with Crippen LogP contribution in [0.1, 0.15) is 30.4 Å². The number of hydrogen-bond acceptors (Lipinski definition) is 5. The molecule has 0 radical (unpaired) electrons. The summed E-state index contributed by atoms with van der Waals surface area (Å²) in [6.45, 7) is 0.243. The summed E-state index contributed by atoms with van der Waals surface area (Å²) in [4.78, 5) is 18.2. The Kier molecular flexibility index (Phi) is 6.13. The van der Waals surface area contributed by atoms with E-state index in [1.54, 1.807) is 12.3 Å². The number of ether oxygens (including phenoxy) is 1. The third kappa shape index (κ3) is 4.66. The van der Waals surface area contributed by atoms with Crippen LogP contribution in [-0.4, -0.2) is 26.8 Å². The maximum atomic E-state index is 13.2. The number of pyridine rings is 1. The molecule has 0 saturated carbocycles. The zero-order valence-corrected chi connectivity index (χ0v) is 17.2. The number of H-pyrrole nitrogens is 2. The number of halogens is 1. The first kappa shape index (κ1) is 20.8. The minimum Gasteiger partial charge on any atom is -0.493 e. The molecule has 4 aromatic rings. The molecule has 0 spiro atoms. The van der Waals surface area contributed by atoms with E-state index in [2.05, 4.69) is 15.1 Å². The predicted octanol–water partition coefficient (Wildman–Crippen LogP) is 2.76. The highest BCUT2D eigenvalue weighted by Crippen LogP contribution is 2.24. The quantitative estimate of drug-likeness (QED) is 0.281. The fourth-order valence-corrected chi connectivity index (χ4v) is 3.65. The molecule has 0 saturated heterocycles. The fraction of sp³-hybridized carbons (Fsp3) is 0.318. The van der Waals surface area contributed by atoms with Crippen LogP contribution in [0.3, 0.4) is 0 Å². The van der Waals surface area contributed by atoms with Crippen LogP contribution >= 0.6 is 0 Å². The number of fused-ring (bicyclic) bond motifs is 1. The fourth-order valence-electron chi connectivity index (χ4n) is 3.65. The summed E-state index contributed by atoms with van der Waals surface area (Å²) in [5.74, 6) is -0.393. The molecule has 4 rings (SSSR count). The molecule has 3 N–H and O–H groups in total. The Morgan fingerprint density at radius 1 is 1.23 bits per heavy atom. The topological polar surface area (TPSA) is 108 Å². The Balaban J connectivity index is 1.33. The van der Waals surface area contributed by atoms with Gasteiger partial charge in [0.1, 0.15) is 11.6 Å². The van der Waals surface area contributed by atoms with Gasteiger partial charge < -0.3 is 14.3 Å². The Hall–Kier alpha value is -3.46. The second kappa shape index (κ2) is 9.13. The van der Waals surface area contributed by atoms with Crippen molar-refractivity contribution in [2.45, 2.75) is 32.3 Å². The van der Waals surface area contributed by atoms with Gasteiger partial charge >= 0.3 is 5.76 Å². The Bertz CT molecular complexity index is 1240. The average Bonchev–Trinajstić information content (AvgIpc) is 3.31. The van der Waals surface area contributed by atoms with Crippen LogP contribution in [0.4, 0.5) is 4.39 Å². The lowest BCUT2D eigenvalue weighted by Crippen LogP contribution is -2.32. The monoisotopic (exact) mass is 427 g/mol. The van der Waals surface area contributed by atoms with Crippen LogP contribution in [-0.2, 0) is 20.1 Å². The van der Waals surface area contributed by atoms with Gasteiger partial charge in [0.15, 0.2) is 18.3 Å². The van der Waals surface area contributed by atoms with Crippen LogP contribution in [0.25, 0.3) is 22.5 Å². The summed E-state index contributed by atoms with van der Waals surface area (Å²) in [7, 11) is 1.92. The van der Waals surface area contributed by atoms with Gasteiger partial charge in [-0.2, -0.15) is 5.10 Å². The first-order chi connectivity index (χ1) is 15.0. The van der Waals surface area contributed by atoms with Crippen molar-refractivity contribution < 1.29 is 23.3 Å². The lowest BCUT2D eigenvalue weighted by molar-refractivity contribution is -0.716. The van der Waals surface area contributed by atoms with Crippen molar-refractivity contribution in [2.24, 2.45) is 7.05 Å². The highest BCUT2D eigenvalue weighted by molar-refractivity contribution is 5.74. The number of aryl methyl sites for hydroxylation is 2. The zero-order valence-electron chi connectivity index (χ0n) is 17.2. The number of oxazole rings is 1. The standard InChI is InChI=1S/C22H23FN4O4/c1-27-20(15-10-19-21(24-11-15)26-22(29)31-19)14(12-25-27)5-3-2-4-8-30-18-7-6-17(23)9-16(18)13-28/h6-7,9-12,28H,2-5,8,13H2,1H3,(H,24,25,26,29)/p+1. The summed E-state index contributed by atoms with van der Waals surface area (Å²) in [5.41, 5.74) is 4.31. The van der Waals surface area contributed by atoms with E-state index < -0.39 is 5.76 Å². The molecule has 31 heavy (non-hydrogen) atoms. The number of nitrogens with one attached hydrogen (secondary N) is 2. The Morgan fingerprint density at radius 3 is 2.94 bits per heavy atom. The van der Waals surface area contributed by atoms with Gasteiger partial charge in [0, 0.05) is 23.4 Å². The van der Waals surface area contributed by atoms with Crippen molar-refractivity contribution in [3.05, 3.63) is 64.2 Å². The molecule has 0 aliphatic carbocycles. The molecular formula is C22H24FN4O4+. The molecule has 0 bridgehead atoms. The maximum absolute atomic E-state index is 13.2. The molecule has 1 aromatic carbocycles. The SMILES string of the molecule is C[n+]1[nH]cc(CCCCCOc2ccc(F)cc2CO)c1-c1cnc2[nH]c(=O)oc2c1. The minimum atomic E-state index is -0.521. The molecular weight excluding hydrogens is 403 g/mol. The van der Waals surface area contributed by atoms with Gasteiger partial charge in [-0.3, -0.25) is 4.98 Å². The van der Waals surface area contributed by atoms with Crippen molar-refractivity contribution >= 4 is 11.2 Å². The number of aliphatic hydroxyl groups excluding tert-OH is 1. The van der Waals surface area contributed by atoms with Crippen LogP contribution in [0, 0.1) is 5.82 Å². The molecule has 8 nitrogen and oxygen atoms in total. The third-order valence-electron chi connectivity index (χ3n) is 5.16. The van der Waals surface area contributed by atoms with Crippen LogP contribution in [0.5, 0.6) is 5.75 Å². The number of benzene rings is 1. The van der Waals surface area contributed by atoms with Crippen molar-refractivity contribution in [3.8, 4) is 17.0 Å². The summed E-state index contributed by atoms with van der Waals surface area (Å²) in [6, 6.07) is 5.97. The van der Waals surface area contributed by atoms with Gasteiger partial charge in [-0.25, -0.2) is 14.2 Å². The minimum absolute atomic E-state index is 0.257. The summed E-state index contributed by atoms with van der Waals surface area (Å²) in [6.07, 6.45) is 7.30. The number of aromatic amines is 2. The smallest absolute Gasteiger partial charge is 0.418 e. The van der Waals surface area contributed by atoms with Gasteiger partial charge in [0.05, 0.1) is 25.0 Å². The van der Waals surface area contributed by atoms with E-state index in [4.69, 9.17) is 9.15 Å². The van der Waals surface area contributed by atoms with E-state index in [-0.39, 0.29) is 12.4 Å². The van der Waals surface area contributed by atoms with E-state index in [0.717, 1.165) is 42.5 Å². The number of nitrogens with zero attached hydrogens (tertiary/aromatic N) is 2. The van der Waals surface area contributed by atoms with E-state index in [1.165, 1.54) is 12.1 Å². The Labute approximate surface area is 177 Å². The van der Waals surface area contributed by atoms with E-state index in [9.17, 15) is 14.3 Å². The predicted molar refractivity (Wildman–Crippen MR) is 111 cm³/mol. The molecule has 3 aromatic heterocycles. The van der Waals surface area contributed by atoms with Crippen molar-refractivity contribution in [1.82, 2.24) is 15.1 Å². The second-order valence-electron chi connectivity index (χ2n) is 7.36. The van der Waals surface area contributed by atoms with Crippen molar-refractivity contribution in [2.75, 3.05) is 6.61 Å². The van der Waals surface area contributed by atoms with Crippen LogP contribution in [0.2, 0.25) is 0 Å².